The normalized spacial score (nSPS) is 11.0. The van der Waals surface area contributed by atoms with Crippen molar-refractivity contribution >= 4 is 27.4 Å². The third kappa shape index (κ3) is 5.56. The van der Waals surface area contributed by atoms with Crippen LogP contribution in [0.2, 0.25) is 0 Å². The van der Waals surface area contributed by atoms with Crippen LogP contribution in [0.3, 0.4) is 0 Å². The van der Waals surface area contributed by atoms with Crippen LogP contribution in [0.4, 0.5) is 13.2 Å². The van der Waals surface area contributed by atoms with Gasteiger partial charge in [-0.05, 0) is 42.8 Å². The third-order valence-corrected chi connectivity index (χ3v) is 4.32. The lowest BCUT2D eigenvalue weighted by Gasteiger charge is -2.03. The van der Waals surface area contributed by atoms with Gasteiger partial charge in [0.1, 0.15) is 5.01 Å². The summed E-state index contributed by atoms with van der Waals surface area (Å²) in [5, 5.41) is 8.42. The quantitative estimate of drug-likeness (QED) is 0.704. The average Bonchev–Trinajstić information content (AvgIpc) is 2.62. The van der Waals surface area contributed by atoms with Gasteiger partial charge in [-0.1, -0.05) is 12.1 Å². The summed E-state index contributed by atoms with van der Waals surface area (Å²) >= 11 is 1.48. The second-order valence-corrected chi connectivity index (χ2v) is 6.24. The number of pyridine rings is 1. The second-order valence-electron chi connectivity index (χ2n) is 5.21. The Hall–Kier alpha value is -2.85. The van der Waals surface area contributed by atoms with Crippen LogP contribution in [-0.4, -0.2) is 33.8 Å². The topological polar surface area (TPSA) is 106 Å². The smallest absolute Gasteiger partial charge is 0.475 e. The molecular weight excluding hydrogens is 383 g/mol. The minimum absolute atomic E-state index is 0.208. The molecule has 3 aromatic rings. The Labute approximate surface area is 155 Å². The molecule has 0 aliphatic heterocycles. The number of nitrogens with two attached hydrogens (primary N) is 1. The van der Waals surface area contributed by atoms with Crippen molar-refractivity contribution < 1.29 is 23.1 Å². The highest BCUT2D eigenvalue weighted by atomic mass is 32.1. The van der Waals surface area contributed by atoms with Gasteiger partial charge in [-0.15, -0.1) is 11.3 Å². The molecule has 3 N–H and O–H groups in total. The Balaban J connectivity index is 0.000000321. The van der Waals surface area contributed by atoms with Crippen molar-refractivity contribution in [1.82, 2.24) is 9.97 Å². The molecule has 0 amide bonds. The zero-order chi connectivity index (χ0) is 20.0. The maximum Gasteiger partial charge on any atom is 0.490 e. The Kier molecular flexibility index (Phi) is 6.59. The molecule has 0 atom stereocenters. The Morgan fingerprint density at radius 3 is 2.52 bits per heavy atom. The van der Waals surface area contributed by atoms with Crippen LogP contribution < -0.4 is 11.3 Å². The summed E-state index contributed by atoms with van der Waals surface area (Å²) in [5.74, 6) is -2.76. The molecule has 27 heavy (non-hydrogen) atoms. The van der Waals surface area contributed by atoms with Gasteiger partial charge in [-0.25, -0.2) is 4.79 Å². The number of carboxylic acid groups (broad SMARTS) is 1. The number of carboxylic acids is 1. The number of aliphatic carboxylic acids is 1. The van der Waals surface area contributed by atoms with Crippen LogP contribution in [0.1, 0.15) is 5.56 Å². The van der Waals surface area contributed by atoms with Crippen molar-refractivity contribution in [2.75, 3.05) is 6.54 Å². The van der Waals surface area contributed by atoms with Gasteiger partial charge in [0.2, 0.25) is 0 Å². The van der Waals surface area contributed by atoms with Crippen molar-refractivity contribution in [2.24, 2.45) is 5.73 Å². The first-order chi connectivity index (χ1) is 12.7. The highest BCUT2D eigenvalue weighted by Crippen LogP contribution is 2.24. The highest BCUT2D eigenvalue weighted by Gasteiger charge is 2.38. The van der Waals surface area contributed by atoms with E-state index in [0.717, 1.165) is 22.4 Å². The van der Waals surface area contributed by atoms with Gasteiger partial charge >= 0.3 is 12.1 Å². The number of halogens is 3. The van der Waals surface area contributed by atoms with Gasteiger partial charge in [0.15, 0.2) is 0 Å². The molecule has 142 valence electrons. The number of fused-ring (bicyclic) bond motifs is 1. The molecule has 10 heteroatoms. The predicted molar refractivity (Wildman–Crippen MR) is 95.6 cm³/mol. The first kappa shape index (κ1) is 20.5. The SMILES string of the molecule is NCCc1ccnc(-c2nc(=O)c3ccccc3s2)c1.O=C(O)C(F)(F)F. The predicted octanol–water partition coefficient (Wildman–Crippen LogP) is 2.85. The fourth-order valence-corrected chi connectivity index (χ4v) is 3.00. The van der Waals surface area contributed by atoms with Gasteiger partial charge in [0.25, 0.3) is 5.56 Å². The molecule has 1 aromatic carbocycles. The van der Waals surface area contributed by atoms with Crippen LogP contribution in [-0.2, 0) is 11.2 Å². The van der Waals surface area contributed by atoms with Crippen molar-refractivity contribution in [3.63, 3.8) is 0 Å². The monoisotopic (exact) mass is 397 g/mol. The fourth-order valence-electron chi connectivity index (χ4n) is 2.03. The summed E-state index contributed by atoms with van der Waals surface area (Å²) in [5.41, 5.74) is 7.19. The van der Waals surface area contributed by atoms with Gasteiger partial charge in [0.05, 0.1) is 11.1 Å². The van der Waals surface area contributed by atoms with E-state index in [4.69, 9.17) is 15.6 Å². The average molecular weight is 397 g/mol. The van der Waals surface area contributed by atoms with E-state index in [9.17, 15) is 18.0 Å². The number of hydrogen-bond donors (Lipinski definition) is 2. The summed E-state index contributed by atoms with van der Waals surface area (Å²) in [4.78, 5) is 29.4. The number of aromatic nitrogens is 2. The van der Waals surface area contributed by atoms with Crippen molar-refractivity contribution in [1.29, 1.82) is 0 Å². The molecule has 0 bridgehead atoms. The minimum Gasteiger partial charge on any atom is -0.475 e. The number of alkyl halides is 3. The largest absolute Gasteiger partial charge is 0.490 e. The number of rotatable bonds is 3. The molecule has 0 unspecified atom stereocenters. The summed E-state index contributed by atoms with van der Waals surface area (Å²) in [7, 11) is 0. The van der Waals surface area contributed by atoms with E-state index in [2.05, 4.69) is 9.97 Å². The van der Waals surface area contributed by atoms with Crippen molar-refractivity contribution in [3.05, 3.63) is 58.5 Å². The van der Waals surface area contributed by atoms with Gasteiger partial charge in [0, 0.05) is 10.9 Å². The minimum atomic E-state index is -5.08. The molecule has 2 aromatic heterocycles. The van der Waals surface area contributed by atoms with Crippen molar-refractivity contribution in [3.8, 4) is 10.7 Å². The van der Waals surface area contributed by atoms with E-state index in [1.807, 2.05) is 30.3 Å². The van der Waals surface area contributed by atoms with Crippen LogP contribution in [0.15, 0.2) is 47.4 Å². The van der Waals surface area contributed by atoms with E-state index < -0.39 is 12.1 Å². The Morgan fingerprint density at radius 1 is 1.22 bits per heavy atom. The number of nitrogens with zero attached hydrogens (tertiary/aromatic N) is 2. The summed E-state index contributed by atoms with van der Waals surface area (Å²) < 4.78 is 32.7. The molecule has 0 aliphatic carbocycles. The molecule has 0 saturated heterocycles. The van der Waals surface area contributed by atoms with Crippen molar-refractivity contribution in [2.45, 2.75) is 12.6 Å². The van der Waals surface area contributed by atoms with Gasteiger partial charge in [-0.3, -0.25) is 9.78 Å². The first-order valence-electron chi connectivity index (χ1n) is 7.57. The number of carbonyl (C=O) groups is 1. The molecule has 2 heterocycles. The molecule has 0 fully saturated rings. The molecule has 0 saturated carbocycles. The molecule has 0 aliphatic rings. The molecule has 6 nitrogen and oxygen atoms in total. The summed E-state index contributed by atoms with van der Waals surface area (Å²) in [6, 6.07) is 11.4. The standard InChI is InChI=1S/C15H13N3OS.C2HF3O2/c16-7-5-10-6-8-17-12(9-10)15-18-14(19)11-3-1-2-4-13(11)20-15;3-2(4,5)1(6)7/h1-4,6,8-9H,5,7,16H2;(H,6,7). The van der Waals surface area contributed by atoms with Crippen LogP contribution in [0, 0.1) is 0 Å². The molecule has 3 rings (SSSR count). The van der Waals surface area contributed by atoms with Gasteiger partial charge in [-0.2, -0.15) is 18.2 Å². The van der Waals surface area contributed by atoms with E-state index in [1.54, 1.807) is 12.3 Å². The molecule has 0 spiro atoms. The van der Waals surface area contributed by atoms with Crippen LogP contribution in [0.25, 0.3) is 20.8 Å². The maximum absolute atomic E-state index is 12.0. The highest BCUT2D eigenvalue weighted by molar-refractivity contribution is 7.21. The second kappa shape index (κ2) is 8.69. The van der Waals surface area contributed by atoms with Gasteiger partial charge < -0.3 is 10.8 Å². The van der Waals surface area contributed by atoms with E-state index in [-0.39, 0.29) is 5.56 Å². The third-order valence-electron chi connectivity index (χ3n) is 3.25. The summed E-state index contributed by atoms with van der Waals surface area (Å²) in [6.45, 7) is 0.588. The lowest BCUT2D eigenvalue weighted by molar-refractivity contribution is -0.192. The van der Waals surface area contributed by atoms with Crippen LogP contribution >= 0.6 is 11.3 Å². The van der Waals surface area contributed by atoms with E-state index >= 15 is 0 Å². The van der Waals surface area contributed by atoms with Crippen LogP contribution in [0.5, 0.6) is 0 Å². The fraction of sp³-hybridized carbons (Fsp3) is 0.176. The van der Waals surface area contributed by atoms with E-state index in [0.29, 0.717) is 16.9 Å². The molecular formula is C17H14F3N3O3S. The molecule has 0 radical (unpaired) electrons. The zero-order valence-corrected chi connectivity index (χ0v) is 14.5. The first-order valence-corrected chi connectivity index (χ1v) is 8.39. The lowest BCUT2D eigenvalue weighted by atomic mass is 10.2. The Morgan fingerprint density at radius 2 is 1.89 bits per heavy atom. The number of benzene rings is 1. The van der Waals surface area contributed by atoms with E-state index in [1.165, 1.54) is 11.3 Å². The summed E-state index contributed by atoms with van der Waals surface area (Å²) in [6.07, 6.45) is -2.56. The maximum atomic E-state index is 12.0. The lowest BCUT2D eigenvalue weighted by Crippen LogP contribution is -2.21. The number of hydrogen-bond acceptors (Lipinski definition) is 6. The Bertz CT molecular complexity index is 1010. The zero-order valence-electron chi connectivity index (χ0n) is 13.7.